The van der Waals surface area contributed by atoms with Gasteiger partial charge in [-0.05, 0) is 48.5 Å². The number of carbonyl (C=O) groups is 2. The lowest BCUT2D eigenvalue weighted by Gasteiger charge is -2.08. The molecule has 2 aromatic carbocycles. The molecule has 0 heterocycles. The van der Waals surface area contributed by atoms with Gasteiger partial charge in [0.25, 0.3) is 0 Å². The fraction of sp³-hybridized carbons (Fsp3) is 0.576. The summed E-state index contributed by atoms with van der Waals surface area (Å²) in [7, 11) is -2.58. The second-order valence-electron chi connectivity index (χ2n) is 9.91. The minimum Gasteiger partial charge on any atom is -0.478 e. The maximum absolute atomic E-state index is 11.7. The van der Waals surface area contributed by atoms with E-state index in [1.54, 1.807) is 36.4 Å². The Morgan fingerprint density at radius 1 is 0.593 bits per heavy atom. The minimum absolute atomic E-state index is 0. The van der Waals surface area contributed by atoms with E-state index in [-0.39, 0.29) is 44.3 Å². The third kappa shape index (κ3) is 32.2. The largest absolute Gasteiger partial charge is 0.478 e. The van der Waals surface area contributed by atoms with Crippen molar-refractivity contribution in [3.8, 4) is 0 Å². The number of nitrogen functional groups attached to an aromatic ring is 2. The lowest BCUT2D eigenvalue weighted by Crippen LogP contribution is -2.16. The summed E-state index contributed by atoms with van der Waals surface area (Å²) in [6, 6.07) is 12.6. The number of ether oxygens (including phenoxy) is 7. The summed E-state index contributed by atoms with van der Waals surface area (Å²) in [6.07, 6.45) is 0. The van der Waals surface area contributed by atoms with Gasteiger partial charge in [-0.1, -0.05) is 23.4 Å². The first kappa shape index (κ1) is 54.0. The quantitative estimate of drug-likeness (QED) is 0.0507. The van der Waals surface area contributed by atoms with Gasteiger partial charge in [0.1, 0.15) is 24.2 Å². The molecule has 312 valence electrons. The molecule has 0 aromatic heterocycles. The van der Waals surface area contributed by atoms with Gasteiger partial charge in [-0.3, -0.25) is 8.37 Å². The Kier molecular flexibility index (Phi) is 34.1. The topological polar surface area (TPSA) is 224 Å². The van der Waals surface area contributed by atoms with Crippen LogP contribution in [0.4, 0.5) is 11.4 Å². The number of hydrogen-bond donors (Lipinski definition) is 3. The summed E-state index contributed by atoms with van der Waals surface area (Å²) >= 11 is 12.6. The van der Waals surface area contributed by atoms with Crippen LogP contribution >= 0.6 is 15.9 Å². The molecule has 0 spiro atoms. The number of benzene rings is 2. The Balaban J connectivity index is 0. The number of carbonyl (C=O) groups excluding carboxylic acids is 1. The molecule has 0 aliphatic rings. The van der Waals surface area contributed by atoms with Gasteiger partial charge in [0.05, 0.1) is 116 Å². The fourth-order valence-electron chi connectivity index (χ4n) is 3.15. The third-order valence-corrected chi connectivity index (χ3v) is 10.4. The Bertz CT molecular complexity index is 1450. The van der Waals surface area contributed by atoms with Crippen molar-refractivity contribution in [1.29, 1.82) is 0 Å². The molecule has 0 aliphatic heterocycles. The molecule has 16 nitrogen and oxygen atoms in total. The van der Waals surface area contributed by atoms with E-state index in [9.17, 15) is 18.0 Å². The van der Waals surface area contributed by atoms with E-state index in [0.29, 0.717) is 83.0 Å². The summed E-state index contributed by atoms with van der Waals surface area (Å²) in [4.78, 5) is 22.0. The van der Waals surface area contributed by atoms with Gasteiger partial charge < -0.3 is 49.7 Å². The Morgan fingerprint density at radius 3 is 1.24 bits per heavy atom. The van der Waals surface area contributed by atoms with Crippen LogP contribution in [0, 0.1) is 0 Å². The van der Waals surface area contributed by atoms with Gasteiger partial charge in [-0.2, -0.15) is 0 Å². The summed E-state index contributed by atoms with van der Waals surface area (Å²) in [6.45, 7) is 5.30. The number of hydrogen-bond acceptors (Lipinski definition) is 17. The van der Waals surface area contributed by atoms with Crippen molar-refractivity contribution < 1.29 is 64.6 Å². The molecule has 0 saturated heterocycles. The lowest BCUT2D eigenvalue weighted by atomic mass is 10.2. The lowest BCUT2D eigenvalue weighted by molar-refractivity contribution is 0.00193. The molecule has 0 radical (unpaired) electrons. The second kappa shape index (κ2) is 34.2. The van der Waals surface area contributed by atoms with Crippen molar-refractivity contribution in [3.05, 3.63) is 59.7 Å². The van der Waals surface area contributed by atoms with E-state index in [2.05, 4.69) is 35.5 Å². The van der Waals surface area contributed by atoms with Crippen LogP contribution < -0.4 is 11.5 Å². The maximum atomic E-state index is 11.7. The Labute approximate surface area is 337 Å². The van der Waals surface area contributed by atoms with Crippen molar-refractivity contribution in [3.63, 3.8) is 0 Å². The number of rotatable bonds is 27. The molecule has 2 rings (SSSR count). The number of alkyl halides is 1. The van der Waals surface area contributed by atoms with Crippen LogP contribution in [0.25, 0.3) is 0 Å². The first-order valence-corrected chi connectivity index (χ1v) is 22.2. The number of esters is 1. The van der Waals surface area contributed by atoms with Gasteiger partial charge in [0.2, 0.25) is 0 Å². The van der Waals surface area contributed by atoms with E-state index in [1.165, 1.54) is 26.4 Å². The normalized spacial score (nSPS) is 12.7. The van der Waals surface area contributed by atoms with E-state index in [4.69, 9.17) is 60.9 Å². The molecule has 0 aliphatic carbocycles. The molecule has 2 atom stereocenters. The van der Waals surface area contributed by atoms with E-state index in [0.717, 1.165) is 5.33 Å². The zero-order valence-electron chi connectivity index (χ0n) is 29.9. The van der Waals surface area contributed by atoms with Crippen LogP contribution in [0.2, 0.25) is 0 Å². The molecule has 2 unspecified atom stereocenters. The first-order chi connectivity index (χ1) is 25.3. The average molecular weight is 912 g/mol. The number of anilines is 2. The molecule has 54 heavy (non-hydrogen) atoms. The van der Waals surface area contributed by atoms with Gasteiger partial charge in [-0.25, -0.2) is 18.0 Å². The summed E-state index contributed by atoms with van der Waals surface area (Å²) in [5.74, 6) is -0.942. The predicted octanol–water partition coefficient (Wildman–Crippen LogP) is 3.13. The molecule has 2 aromatic rings. The molecule has 0 saturated carbocycles. The van der Waals surface area contributed by atoms with Crippen molar-refractivity contribution in [2.45, 2.75) is 7.43 Å². The molecule has 0 bridgehead atoms. The highest BCUT2D eigenvalue weighted by atomic mass is 79.9. The average Bonchev–Trinajstić information content (AvgIpc) is 3.13. The van der Waals surface area contributed by atoms with Crippen LogP contribution in [0.5, 0.6) is 0 Å². The van der Waals surface area contributed by atoms with Gasteiger partial charge >= 0.3 is 11.9 Å². The Morgan fingerprint density at radius 2 is 0.907 bits per heavy atom. The predicted molar refractivity (Wildman–Crippen MR) is 219 cm³/mol. The highest BCUT2D eigenvalue weighted by Gasteiger charge is 2.07. The SMILES string of the molecule is C.COS(=O)(=S)CCOCCOCCOCCBr.COS(=O)(=S)CCOCCOCCOCCOC(=O)c1ccc(N)cc1.Nc1ccc(C(=O)O)cc1. The molecule has 5 N–H and O–H groups in total. The van der Waals surface area contributed by atoms with Gasteiger partial charge in [-0.15, -0.1) is 0 Å². The Hall–Kier alpha value is -2.12. The second-order valence-corrected chi connectivity index (χ2v) is 17.5. The standard InChI is InChI=1S/C16H25NO7S2.C9H19BrO5S2.C7H7NO2.CH4/c1-20-26(19,25)13-12-23-9-8-21-6-7-22-10-11-24-16(18)14-2-4-15(17)5-3-14;1-12-17(11,16)9-8-15-7-6-14-5-4-13-3-2-10;8-6-3-1-5(2-4-6)7(9)10;/h2-5H,6-13,17H2,1H3;2-9H2,1H3;1-4H,8H2,(H,9,10);1H4. The van der Waals surface area contributed by atoms with Crippen LogP contribution in [-0.4, -0.2) is 142 Å². The van der Waals surface area contributed by atoms with Crippen molar-refractivity contribution >= 4 is 79.2 Å². The molecule has 0 fully saturated rings. The highest BCUT2D eigenvalue weighted by molar-refractivity contribution is 9.09. The molecular formula is C33H55BrN2O14S4. The van der Waals surface area contributed by atoms with E-state index >= 15 is 0 Å². The zero-order chi connectivity index (χ0) is 39.8. The third-order valence-electron chi connectivity index (χ3n) is 5.94. The number of aromatic carboxylic acids is 1. The van der Waals surface area contributed by atoms with Gasteiger partial charge in [0, 0.05) is 39.1 Å². The summed E-state index contributed by atoms with van der Waals surface area (Å²) < 4.78 is 68.4. The number of nitrogens with two attached hydrogens (primary N) is 2. The van der Waals surface area contributed by atoms with E-state index < -0.39 is 29.5 Å². The van der Waals surface area contributed by atoms with Gasteiger partial charge in [0.15, 0.2) is 0 Å². The van der Waals surface area contributed by atoms with Crippen LogP contribution in [0.15, 0.2) is 48.5 Å². The summed E-state index contributed by atoms with van der Waals surface area (Å²) in [5, 5.41) is 9.26. The summed E-state index contributed by atoms with van der Waals surface area (Å²) in [5.41, 5.74) is 12.7. The monoisotopic (exact) mass is 910 g/mol. The van der Waals surface area contributed by atoms with Crippen molar-refractivity contribution in [2.24, 2.45) is 0 Å². The van der Waals surface area contributed by atoms with Crippen molar-refractivity contribution in [2.75, 3.05) is 128 Å². The van der Waals surface area contributed by atoms with Crippen LogP contribution in [0.1, 0.15) is 28.1 Å². The zero-order valence-corrected chi connectivity index (χ0v) is 34.7. The fourth-order valence-corrected chi connectivity index (χ4v) is 4.76. The van der Waals surface area contributed by atoms with Crippen LogP contribution in [0.3, 0.4) is 0 Å². The number of halogens is 1. The maximum Gasteiger partial charge on any atom is 0.338 e. The van der Waals surface area contributed by atoms with Crippen molar-refractivity contribution in [1.82, 2.24) is 0 Å². The molecular weight excluding hydrogens is 857 g/mol. The molecule has 0 amide bonds. The first-order valence-electron chi connectivity index (χ1n) is 16.0. The highest BCUT2D eigenvalue weighted by Crippen LogP contribution is 2.07. The minimum atomic E-state index is -2.65. The smallest absolute Gasteiger partial charge is 0.338 e. The van der Waals surface area contributed by atoms with Crippen LogP contribution in [-0.2, 0) is 81.4 Å². The number of carboxylic acid groups (broad SMARTS) is 1. The molecule has 21 heteroatoms. The van der Waals surface area contributed by atoms with E-state index in [1.807, 2.05) is 0 Å². The number of carboxylic acids is 1.